The number of quaternary nitrogens is 1. The predicted molar refractivity (Wildman–Crippen MR) is 115 cm³/mol. The van der Waals surface area contributed by atoms with Crippen LogP contribution in [0, 0.1) is 0 Å². The highest BCUT2D eigenvalue weighted by atomic mass is 32.2. The molecule has 0 amide bonds. The molecule has 0 bridgehead atoms. The van der Waals surface area contributed by atoms with Crippen molar-refractivity contribution >= 4 is 20.1 Å². The number of hydrogen-bond acceptors (Lipinski definition) is 4. The van der Waals surface area contributed by atoms with Gasteiger partial charge in [-0.25, -0.2) is 13.1 Å². The normalized spacial score (nSPS) is 16.4. The first-order chi connectivity index (χ1) is 20.4. The number of alkyl halides is 21. The van der Waals surface area contributed by atoms with Crippen LogP contribution in [0.2, 0.25) is 0 Å². The van der Waals surface area contributed by atoms with E-state index in [1.165, 1.54) is 14.1 Å². The maximum Gasteiger partial charge on any atom is 0.460 e. The Balaban J connectivity index is 6.54. The van der Waals surface area contributed by atoms with Gasteiger partial charge in [0.2, 0.25) is 0 Å². The number of rotatable bonds is 18. The summed E-state index contributed by atoms with van der Waals surface area (Å²) in [6, 6.07) is 0. The SMILES string of the molecule is C[N+](C)(CCCNS(=O)(=O)C(F)(F)C(F)(F)C(F)(F)C(F)(F)C(F)(F)C(F)(F)C(F)(F)C(F)(F)C(F)(F)C(F)(F)F)CCCS(=O)(=O)O. The van der Waals surface area contributed by atoms with Gasteiger partial charge < -0.3 is 4.48 Å². The molecule has 290 valence electrons. The third-order valence-corrected chi connectivity index (χ3v) is 8.54. The Labute approximate surface area is 254 Å². The Bertz CT molecular complexity index is 1360. The van der Waals surface area contributed by atoms with E-state index in [1.807, 2.05) is 0 Å². The minimum atomic E-state index is -9.40. The molecule has 0 heterocycles. The second-order valence-electron chi connectivity index (χ2n) is 10.4. The number of halogens is 21. The maximum absolute atomic E-state index is 14.1. The average molecular weight is 807 g/mol. The van der Waals surface area contributed by atoms with E-state index in [1.54, 1.807) is 0 Å². The molecular weight excluding hydrogens is 787 g/mol. The fourth-order valence-corrected chi connectivity index (χ4v) is 4.86. The molecular formula is C18H20F21N2O5S2+. The van der Waals surface area contributed by atoms with Crippen molar-refractivity contribution in [1.29, 1.82) is 0 Å². The van der Waals surface area contributed by atoms with Crippen molar-refractivity contribution in [3.63, 3.8) is 0 Å². The third-order valence-electron chi connectivity index (χ3n) is 6.22. The molecule has 0 unspecified atom stereocenters. The zero-order valence-corrected chi connectivity index (χ0v) is 24.7. The summed E-state index contributed by atoms with van der Waals surface area (Å²) in [4.78, 5) is 0. The zero-order chi connectivity index (χ0) is 39.4. The Morgan fingerprint density at radius 3 is 1.10 bits per heavy atom. The van der Waals surface area contributed by atoms with Gasteiger partial charge in [0.1, 0.15) is 0 Å². The molecule has 0 atom stereocenters. The number of nitrogens with zero attached hydrogens (tertiary/aromatic N) is 1. The van der Waals surface area contributed by atoms with Crippen LogP contribution in [-0.4, -0.2) is 124 Å². The molecule has 0 spiro atoms. The van der Waals surface area contributed by atoms with Crippen LogP contribution in [0.15, 0.2) is 0 Å². The third kappa shape index (κ3) is 7.49. The topological polar surface area (TPSA) is 101 Å². The van der Waals surface area contributed by atoms with Gasteiger partial charge in [-0.15, -0.1) is 0 Å². The van der Waals surface area contributed by atoms with Crippen LogP contribution in [0.25, 0.3) is 0 Å². The molecule has 0 aromatic rings. The van der Waals surface area contributed by atoms with Crippen molar-refractivity contribution in [3.8, 4) is 0 Å². The van der Waals surface area contributed by atoms with Crippen LogP contribution in [0.5, 0.6) is 0 Å². The lowest BCUT2D eigenvalue weighted by Gasteiger charge is -2.44. The summed E-state index contributed by atoms with van der Waals surface area (Å²) in [5.41, 5.74) is 0. The van der Waals surface area contributed by atoms with E-state index in [0.717, 1.165) is 0 Å². The minimum absolute atomic E-state index is 0.209. The molecule has 0 rings (SSSR count). The molecule has 0 saturated carbocycles. The average Bonchev–Trinajstić information content (AvgIpc) is 2.83. The van der Waals surface area contributed by atoms with Crippen molar-refractivity contribution < 1.29 is 118 Å². The van der Waals surface area contributed by atoms with Gasteiger partial charge >= 0.3 is 58.8 Å². The molecule has 7 nitrogen and oxygen atoms in total. The molecule has 0 aromatic carbocycles. The highest BCUT2D eigenvalue weighted by molar-refractivity contribution is 7.90. The maximum atomic E-state index is 14.1. The number of nitrogens with one attached hydrogen (secondary N) is 1. The lowest BCUT2D eigenvalue weighted by molar-refractivity contribution is -0.890. The van der Waals surface area contributed by atoms with E-state index in [9.17, 15) is 109 Å². The Morgan fingerprint density at radius 2 is 0.792 bits per heavy atom. The van der Waals surface area contributed by atoms with Gasteiger partial charge in [-0.05, 0) is 0 Å². The van der Waals surface area contributed by atoms with Gasteiger partial charge in [0.15, 0.2) is 0 Å². The standard InChI is InChI=1S/C18H19F21N2O5S2/c1-41(2,7-4-8-47(42,43)44)6-3-5-40-48(45,46)18(38,39)16(33,34)14(29,30)12(25,26)10(21,22)9(19,20)11(23,24)13(27,28)15(31,32)17(35,36)37/h40H,3-8H2,1-2H3/p+1. The van der Waals surface area contributed by atoms with Gasteiger partial charge in [-0.2, -0.15) is 101 Å². The van der Waals surface area contributed by atoms with Crippen molar-refractivity contribution in [2.45, 2.75) is 71.7 Å². The molecule has 0 radical (unpaired) electrons. The summed E-state index contributed by atoms with van der Waals surface area (Å²) in [6.07, 6.45) is -9.24. The second kappa shape index (κ2) is 12.8. The van der Waals surface area contributed by atoms with Crippen molar-refractivity contribution in [1.82, 2.24) is 4.72 Å². The smallest absolute Gasteiger partial charge is 0.328 e. The molecule has 0 aromatic heterocycles. The van der Waals surface area contributed by atoms with E-state index in [0.29, 0.717) is 4.72 Å². The summed E-state index contributed by atoms with van der Waals surface area (Å²) in [6.45, 7) is -2.23. The quantitative estimate of drug-likeness (QED) is 0.0780. The first kappa shape index (κ1) is 46.3. The minimum Gasteiger partial charge on any atom is -0.328 e. The Hall–Kier alpha value is -1.69. The summed E-state index contributed by atoms with van der Waals surface area (Å²) in [5, 5.41) is -7.85. The Morgan fingerprint density at radius 1 is 0.500 bits per heavy atom. The molecule has 0 aliphatic heterocycles. The summed E-state index contributed by atoms with van der Waals surface area (Å²) in [7, 11) is -9.64. The molecule has 0 aliphatic rings. The fourth-order valence-electron chi connectivity index (χ4n) is 3.30. The van der Waals surface area contributed by atoms with E-state index < -0.39 is 109 Å². The van der Waals surface area contributed by atoms with Crippen molar-refractivity contribution in [2.75, 3.05) is 39.5 Å². The first-order valence-corrected chi connectivity index (χ1v) is 14.7. The number of hydrogen-bond donors (Lipinski definition) is 2. The molecule has 0 aliphatic carbocycles. The van der Waals surface area contributed by atoms with Gasteiger partial charge in [0.25, 0.3) is 20.1 Å². The van der Waals surface area contributed by atoms with Crippen LogP contribution in [0.3, 0.4) is 0 Å². The lowest BCUT2D eigenvalue weighted by Crippen LogP contribution is -2.77. The van der Waals surface area contributed by atoms with Crippen molar-refractivity contribution in [2.24, 2.45) is 0 Å². The summed E-state index contributed by atoms with van der Waals surface area (Å²) >= 11 is 0. The number of sulfonamides is 1. The predicted octanol–water partition coefficient (Wildman–Crippen LogP) is 5.89. The van der Waals surface area contributed by atoms with Crippen LogP contribution in [-0.2, 0) is 20.1 Å². The van der Waals surface area contributed by atoms with Crippen LogP contribution >= 0.6 is 0 Å². The molecule has 2 N–H and O–H groups in total. The van der Waals surface area contributed by atoms with E-state index in [-0.39, 0.29) is 13.0 Å². The van der Waals surface area contributed by atoms with Crippen LogP contribution < -0.4 is 4.72 Å². The molecule has 0 saturated heterocycles. The van der Waals surface area contributed by atoms with E-state index in [4.69, 9.17) is 4.55 Å². The fraction of sp³-hybridized carbons (Fsp3) is 1.00. The van der Waals surface area contributed by atoms with Gasteiger partial charge in [-0.1, -0.05) is 0 Å². The largest absolute Gasteiger partial charge is 0.460 e. The molecule has 30 heteroatoms. The first-order valence-electron chi connectivity index (χ1n) is 11.6. The summed E-state index contributed by atoms with van der Waals surface area (Å²) < 4.78 is 336. The Kier molecular flexibility index (Phi) is 12.4. The van der Waals surface area contributed by atoms with Gasteiger partial charge in [-0.3, -0.25) is 4.55 Å². The van der Waals surface area contributed by atoms with Crippen molar-refractivity contribution in [3.05, 3.63) is 0 Å². The van der Waals surface area contributed by atoms with E-state index >= 15 is 0 Å². The van der Waals surface area contributed by atoms with E-state index in [2.05, 4.69) is 0 Å². The lowest BCUT2D eigenvalue weighted by atomic mass is 9.87. The monoisotopic (exact) mass is 807 g/mol. The second-order valence-corrected chi connectivity index (χ2v) is 13.8. The highest BCUT2D eigenvalue weighted by Crippen LogP contribution is 2.66. The molecule has 48 heavy (non-hydrogen) atoms. The highest BCUT2D eigenvalue weighted by Gasteiger charge is 2.98. The van der Waals surface area contributed by atoms with Gasteiger partial charge in [0.05, 0.1) is 32.9 Å². The van der Waals surface area contributed by atoms with Crippen LogP contribution in [0.4, 0.5) is 92.2 Å². The van der Waals surface area contributed by atoms with Gasteiger partial charge in [0, 0.05) is 19.4 Å². The van der Waals surface area contributed by atoms with Crippen LogP contribution in [0.1, 0.15) is 12.8 Å². The summed E-state index contributed by atoms with van der Waals surface area (Å²) in [5.74, 6) is -73.4. The zero-order valence-electron chi connectivity index (χ0n) is 23.0. The molecule has 0 fully saturated rings.